The van der Waals surface area contributed by atoms with Gasteiger partial charge in [0.25, 0.3) is 0 Å². The summed E-state index contributed by atoms with van der Waals surface area (Å²) in [6, 6.07) is 19.0. The van der Waals surface area contributed by atoms with Crippen LogP contribution in [0.2, 0.25) is 0 Å². The number of hydrogen-bond acceptors (Lipinski definition) is 3. The number of rotatable bonds is 6. The van der Waals surface area contributed by atoms with E-state index in [0.717, 1.165) is 37.9 Å². The molecule has 2 aromatic rings. The Morgan fingerprint density at radius 3 is 2.00 bits per heavy atom. The third-order valence-electron chi connectivity index (χ3n) is 5.56. The topological polar surface area (TPSA) is 58.2 Å². The minimum absolute atomic E-state index is 0.0747. The highest BCUT2D eigenvalue weighted by Crippen LogP contribution is 2.27. The van der Waals surface area contributed by atoms with Crippen LogP contribution in [0.1, 0.15) is 46.5 Å². The summed E-state index contributed by atoms with van der Waals surface area (Å²) in [5.41, 5.74) is 3.58. The molecule has 2 N–H and O–H groups in total. The number of nitrogens with one attached hydrogen (secondary N) is 2. The molecule has 28 heavy (non-hydrogen) atoms. The van der Waals surface area contributed by atoms with E-state index in [0.29, 0.717) is 5.92 Å². The molecule has 2 aromatic carbocycles. The molecule has 0 bridgehead atoms. The highest BCUT2D eigenvalue weighted by atomic mass is 32.2. The first kappa shape index (κ1) is 20.9. The van der Waals surface area contributed by atoms with Crippen molar-refractivity contribution < 1.29 is 8.42 Å². The van der Waals surface area contributed by atoms with Gasteiger partial charge in [0, 0.05) is 18.3 Å². The van der Waals surface area contributed by atoms with Gasteiger partial charge in [-0.1, -0.05) is 42.5 Å². The van der Waals surface area contributed by atoms with E-state index in [1.165, 1.54) is 11.1 Å². The Morgan fingerprint density at radius 1 is 0.857 bits per heavy atom. The largest absolute Gasteiger partial charge is 0.385 e. The minimum Gasteiger partial charge on any atom is -0.385 e. The Hall–Kier alpha value is -1.85. The van der Waals surface area contributed by atoms with Crippen molar-refractivity contribution in [1.82, 2.24) is 4.72 Å². The zero-order valence-corrected chi connectivity index (χ0v) is 17.9. The first-order valence-electron chi connectivity index (χ1n) is 10.2. The predicted octanol–water partition coefficient (Wildman–Crippen LogP) is 5.04. The molecule has 0 aliphatic heterocycles. The number of benzene rings is 2. The molecule has 0 amide bonds. The normalized spacial score (nSPS) is 20.7. The van der Waals surface area contributed by atoms with Crippen LogP contribution in [-0.2, 0) is 10.0 Å². The SMILES string of the molecule is CC(C)(C)S(=O)(=O)N[C@H]1CC[C@H](CNc2ccc(-c3ccccc3)cc2)CC1. The summed E-state index contributed by atoms with van der Waals surface area (Å²) in [5.74, 6) is 0.587. The van der Waals surface area contributed by atoms with Crippen LogP contribution in [-0.4, -0.2) is 25.8 Å². The smallest absolute Gasteiger partial charge is 0.216 e. The van der Waals surface area contributed by atoms with E-state index in [-0.39, 0.29) is 6.04 Å². The maximum absolute atomic E-state index is 12.3. The Kier molecular flexibility index (Phi) is 6.46. The molecule has 0 radical (unpaired) electrons. The average Bonchev–Trinajstić information content (AvgIpc) is 2.67. The maximum atomic E-state index is 12.3. The van der Waals surface area contributed by atoms with E-state index in [4.69, 9.17) is 0 Å². The van der Waals surface area contributed by atoms with Crippen LogP contribution >= 0.6 is 0 Å². The van der Waals surface area contributed by atoms with Crippen molar-refractivity contribution in [3.63, 3.8) is 0 Å². The molecule has 1 fully saturated rings. The van der Waals surface area contributed by atoms with Gasteiger partial charge in [0.05, 0.1) is 4.75 Å². The van der Waals surface area contributed by atoms with Gasteiger partial charge in [-0.25, -0.2) is 13.1 Å². The number of sulfonamides is 1. The van der Waals surface area contributed by atoms with Crippen LogP contribution in [0.4, 0.5) is 5.69 Å². The van der Waals surface area contributed by atoms with Crippen molar-refractivity contribution in [2.45, 2.75) is 57.2 Å². The van der Waals surface area contributed by atoms with Gasteiger partial charge in [0.15, 0.2) is 0 Å². The molecular weight excluding hydrogens is 368 g/mol. The maximum Gasteiger partial charge on any atom is 0.216 e. The quantitative estimate of drug-likeness (QED) is 0.714. The fraction of sp³-hybridized carbons (Fsp3) is 0.478. The molecule has 1 saturated carbocycles. The van der Waals surface area contributed by atoms with Crippen molar-refractivity contribution in [3.05, 3.63) is 54.6 Å². The second kappa shape index (κ2) is 8.66. The summed E-state index contributed by atoms with van der Waals surface area (Å²) in [6.07, 6.45) is 3.92. The average molecular weight is 401 g/mol. The molecular formula is C23H32N2O2S. The monoisotopic (exact) mass is 400 g/mol. The van der Waals surface area contributed by atoms with Gasteiger partial charge >= 0.3 is 0 Å². The van der Waals surface area contributed by atoms with E-state index >= 15 is 0 Å². The lowest BCUT2D eigenvalue weighted by Crippen LogP contribution is -2.46. The van der Waals surface area contributed by atoms with Crippen molar-refractivity contribution >= 4 is 15.7 Å². The van der Waals surface area contributed by atoms with E-state index in [1.54, 1.807) is 20.8 Å². The summed E-state index contributed by atoms with van der Waals surface area (Å²) >= 11 is 0. The van der Waals surface area contributed by atoms with Gasteiger partial charge in [-0.2, -0.15) is 0 Å². The van der Waals surface area contributed by atoms with Gasteiger partial charge in [0.2, 0.25) is 10.0 Å². The fourth-order valence-electron chi connectivity index (χ4n) is 3.55. The van der Waals surface area contributed by atoms with Gasteiger partial charge in [0.1, 0.15) is 0 Å². The molecule has 1 aliphatic carbocycles. The Bertz CT molecular complexity index is 848. The molecule has 0 saturated heterocycles. The minimum atomic E-state index is -3.26. The first-order chi connectivity index (χ1) is 13.2. The molecule has 0 aromatic heterocycles. The Balaban J connectivity index is 1.46. The van der Waals surface area contributed by atoms with Crippen molar-refractivity contribution in [3.8, 4) is 11.1 Å². The predicted molar refractivity (Wildman–Crippen MR) is 118 cm³/mol. The second-order valence-electron chi connectivity index (χ2n) is 8.78. The highest BCUT2D eigenvalue weighted by molar-refractivity contribution is 7.90. The van der Waals surface area contributed by atoms with E-state index in [2.05, 4.69) is 58.6 Å². The van der Waals surface area contributed by atoms with Gasteiger partial charge in [-0.3, -0.25) is 0 Å². The standard InChI is InChI=1S/C23H32N2O2S/c1-23(2,3)28(26,27)25-22-13-9-18(10-14-22)17-24-21-15-11-20(12-16-21)19-7-5-4-6-8-19/h4-8,11-12,15-16,18,22,24-25H,9-10,13-14,17H2,1-3H3/t18-,22-. The molecule has 0 spiro atoms. The third-order valence-corrected chi connectivity index (χ3v) is 7.82. The molecule has 0 unspecified atom stereocenters. The molecule has 1 aliphatic rings. The molecule has 5 heteroatoms. The van der Waals surface area contributed by atoms with Crippen LogP contribution in [0.5, 0.6) is 0 Å². The van der Waals surface area contributed by atoms with Crippen molar-refractivity contribution in [2.24, 2.45) is 5.92 Å². The van der Waals surface area contributed by atoms with Crippen LogP contribution in [0.3, 0.4) is 0 Å². The van der Waals surface area contributed by atoms with Gasteiger partial charge in [-0.05, 0) is 75.6 Å². The summed E-state index contributed by atoms with van der Waals surface area (Å²) < 4.78 is 26.8. The van der Waals surface area contributed by atoms with E-state index < -0.39 is 14.8 Å². The summed E-state index contributed by atoms with van der Waals surface area (Å²) in [5, 5.41) is 3.54. The molecule has 4 nitrogen and oxygen atoms in total. The summed E-state index contributed by atoms with van der Waals surface area (Å²) in [6.45, 7) is 6.17. The molecule has 0 atom stereocenters. The fourth-order valence-corrected chi connectivity index (χ4v) is 4.58. The van der Waals surface area contributed by atoms with Crippen molar-refractivity contribution in [1.29, 1.82) is 0 Å². The number of hydrogen-bond donors (Lipinski definition) is 2. The van der Waals surface area contributed by atoms with Crippen molar-refractivity contribution in [2.75, 3.05) is 11.9 Å². The van der Waals surface area contributed by atoms with Crippen LogP contribution in [0.15, 0.2) is 54.6 Å². The lowest BCUT2D eigenvalue weighted by atomic mass is 9.86. The lowest BCUT2D eigenvalue weighted by Gasteiger charge is -2.31. The van der Waals surface area contributed by atoms with Crippen LogP contribution < -0.4 is 10.0 Å². The zero-order valence-electron chi connectivity index (χ0n) is 17.1. The Labute approximate surface area is 169 Å². The third kappa shape index (κ3) is 5.36. The Morgan fingerprint density at radius 2 is 1.43 bits per heavy atom. The molecule has 3 rings (SSSR count). The van der Waals surface area contributed by atoms with Crippen LogP contribution in [0, 0.1) is 5.92 Å². The summed E-state index contributed by atoms with van der Waals surface area (Å²) in [4.78, 5) is 0. The second-order valence-corrected chi connectivity index (χ2v) is 11.2. The zero-order chi connectivity index (χ0) is 20.2. The first-order valence-corrected chi connectivity index (χ1v) is 11.6. The molecule has 152 valence electrons. The number of anilines is 1. The van der Waals surface area contributed by atoms with Gasteiger partial charge in [-0.15, -0.1) is 0 Å². The van der Waals surface area contributed by atoms with E-state index in [1.807, 2.05) is 6.07 Å². The summed E-state index contributed by atoms with van der Waals surface area (Å²) in [7, 11) is -3.26. The van der Waals surface area contributed by atoms with Crippen LogP contribution in [0.25, 0.3) is 11.1 Å². The van der Waals surface area contributed by atoms with Gasteiger partial charge < -0.3 is 5.32 Å². The lowest BCUT2D eigenvalue weighted by molar-refractivity contribution is 0.322. The molecule has 0 heterocycles. The highest BCUT2D eigenvalue weighted by Gasteiger charge is 2.32. The van der Waals surface area contributed by atoms with E-state index in [9.17, 15) is 8.42 Å².